The average Bonchev–Trinajstić information content (AvgIpc) is 3.19. The summed E-state index contributed by atoms with van der Waals surface area (Å²) in [6, 6.07) is 17.6. The fourth-order valence-electron chi connectivity index (χ4n) is 2.41. The van der Waals surface area contributed by atoms with Crippen molar-refractivity contribution in [2.75, 3.05) is 19.4 Å². The Kier molecular flexibility index (Phi) is 6.71. The lowest BCUT2D eigenvalue weighted by molar-refractivity contribution is -0.116. The van der Waals surface area contributed by atoms with Gasteiger partial charge in [0.05, 0.1) is 19.0 Å². The first-order chi connectivity index (χ1) is 13.2. The number of carbonyl (C=O) groups excluding carboxylic acids is 1. The molecule has 0 spiro atoms. The number of H-pyrrole nitrogens is 1. The summed E-state index contributed by atoms with van der Waals surface area (Å²) in [4.78, 5) is 19.5. The molecule has 2 aromatic carbocycles. The van der Waals surface area contributed by atoms with Gasteiger partial charge in [-0.3, -0.25) is 4.79 Å². The highest BCUT2D eigenvalue weighted by atomic mass is 32.2. The molecule has 0 fully saturated rings. The van der Waals surface area contributed by atoms with Crippen LogP contribution in [0.4, 0.5) is 0 Å². The number of benzene rings is 2. The fourth-order valence-corrected chi connectivity index (χ4v) is 3.12. The van der Waals surface area contributed by atoms with E-state index in [9.17, 15) is 4.79 Å². The maximum absolute atomic E-state index is 11.8. The van der Waals surface area contributed by atoms with Crippen molar-refractivity contribution < 1.29 is 9.53 Å². The minimum Gasteiger partial charge on any atom is -0.497 e. The van der Waals surface area contributed by atoms with Crippen molar-refractivity contribution >= 4 is 23.7 Å². The maximum atomic E-state index is 11.8. The number of nitrogens with one attached hydrogen (secondary N) is 2. The lowest BCUT2D eigenvalue weighted by Crippen LogP contribution is -2.23. The zero-order valence-corrected chi connectivity index (χ0v) is 15.8. The first kappa shape index (κ1) is 18.8. The summed E-state index contributed by atoms with van der Waals surface area (Å²) in [5.74, 6) is 1.46. The highest BCUT2D eigenvalue weighted by Crippen LogP contribution is 2.23. The van der Waals surface area contributed by atoms with Crippen LogP contribution in [0, 0.1) is 0 Å². The number of aromatic amines is 1. The molecule has 138 valence electrons. The topological polar surface area (TPSA) is 67.0 Å². The summed E-state index contributed by atoms with van der Waals surface area (Å²) in [7, 11) is 1.65. The van der Waals surface area contributed by atoms with Crippen molar-refractivity contribution in [2.45, 2.75) is 5.16 Å². The number of rotatable bonds is 8. The number of hydrogen-bond donors (Lipinski definition) is 2. The predicted molar refractivity (Wildman–Crippen MR) is 110 cm³/mol. The van der Waals surface area contributed by atoms with E-state index in [-0.39, 0.29) is 5.91 Å². The van der Waals surface area contributed by atoms with Crippen LogP contribution in [0.2, 0.25) is 0 Å². The molecule has 3 rings (SSSR count). The van der Waals surface area contributed by atoms with Crippen LogP contribution in [-0.4, -0.2) is 35.3 Å². The number of aromatic nitrogens is 2. The lowest BCUT2D eigenvalue weighted by atomic mass is 10.2. The average molecular weight is 379 g/mol. The minimum absolute atomic E-state index is 0.0992. The summed E-state index contributed by atoms with van der Waals surface area (Å²) in [6.07, 6.45) is 5.16. The Morgan fingerprint density at radius 1 is 1.19 bits per heavy atom. The van der Waals surface area contributed by atoms with Crippen molar-refractivity contribution in [3.63, 3.8) is 0 Å². The first-order valence-electron chi connectivity index (χ1n) is 8.58. The van der Waals surface area contributed by atoms with E-state index in [1.54, 1.807) is 31.0 Å². The third-order valence-corrected chi connectivity index (χ3v) is 4.71. The number of hydrogen-bond acceptors (Lipinski definition) is 4. The van der Waals surface area contributed by atoms with Crippen molar-refractivity contribution in [3.8, 4) is 17.0 Å². The Morgan fingerprint density at radius 3 is 2.70 bits per heavy atom. The molecule has 27 heavy (non-hydrogen) atoms. The number of nitrogens with zero attached hydrogens (tertiary/aromatic N) is 1. The van der Waals surface area contributed by atoms with Gasteiger partial charge >= 0.3 is 0 Å². The van der Waals surface area contributed by atoms with Crippen molar-refractivity contribution in [3.05, 3.63) is 72.4 Å². The van der Waals surface area contributed by atoms with Crippen LogP contribution in [0.25, 0.3) is 17.3 Å². The number of ether oxygens (including phenoxy) is 1. The van der Waals surface area contributed by atoms with Crippen molar-refractivity contribution in [2.24, 2.45) is 0 Å². The molecule has 0 bridgehead atoms. The van der Waals surface area contributed by atoms with Gasteiger partial charge in [-0.25, -0.2) is 4.98 Å². The van der Waals surface area contributed by atoms with Crippen molar-refractivity contribution in [1.29, 1.82) is 0 Å². The molecule has 1 amide bonds. The van der Waals surface area contributed by atoms with E-state index >= 15 is 0 Å². The predicted octanol–water partition coefficient (Wildman–Crippen LogP) is 4.01. The van der Waals surface area contributed by atoms with Gasteiger partial charge in [0, 0.05) is 18.4 Å². The third kappa shape index (κ3) is 5.76. The normalized spacial score (nSPS) is 10.9. The molecule has 0 radical (unpaired) electrons. The Labute approximate surface area is 162 Å². The second-order valence-electron chi connectivity index (χ2n) is 5.71. The van der Waals surface area contributed by atoms with E-state index in [1.165, 1.54) is 0 Å². The van der Waals surface area contributed by atoms with Crippen LogP contribution in [0.3, 0.4) is 0 Å². The van der Waals surface area contributed by atoms with E-state index in [0.717, 1.165) is 33.5 Å². The molecule has 0 saturated carbocycles. The molecule has 3 aromatic rings. The molecule has 0 aliphatic heterocycles. The molecular formula is C21H21N3O2S. The van der Waals surface area contributed by atoms with Crippen LogP contribution in [0.5, 0.6) is 5.75 Å². The largest absolute Gasteiger partial charge is 0.497 e. The monoisotopic (exact) mass is 379 g/mol. The molecule has 1 heterocycles. The Hall–Kier alpha value is -2.99. The van der Waals surface area contributed by atoms with Crippen LogP contribution in [-0.2, 0) is 4.79 Å². The zero-order chi connectivity index (χ0) is 18.9. The molecule has 0 aliphatic rings. The lowest BCUT2D eigenvalue weighted by Gasteiger charge is -2.02. The van der Waals surface area contributed by atoms with Gasteiger partial charge in [-0.15, -0.1) is 0 Å². The number of imidazole rings is 1. The van der Waals surface area contributed by atoms with E-state index in [4.69, 9.17) is 4.74 Å². The van der Waals surface area contributed by atoms with E-state index in [0.29, 0.717) is 6.54 Å². The number of thioether (sulfide) groups is 1. The summed E-state index contributed by atoms with van der Waals surface area (Å²) in [5.41, 5.74) is 3.01. The van der Waals surface area contributed by atoms with Gasteiger partial charge in [0.25, 0.3) is 0 Å². The molecular weight excluding hydrogens is 358 g/mol. The molecule has 0 saturated heterocycles. The molecule has 0 atom stereocenters. The number of methoxy groups -OCH3 is 1. The summed E-state index contributed by atoms with van der Waals surface area (Å²) < 4.78 is 5.17. The van der Waals surface area contributed by atoms with E-state index < -0.39 is 0 Å². The third-order valence-electron chi connectivity index (χ3n) is 3.82. The van der Waals surface area contributed by atoms with Gasteiger partial charge in [0.1, 0.15) is 5.75 Å². The van der Waals surface area contributed by atoms with Gasteiger partial charge in [-0.2, -0.15) is 0 Å². The first-order valence-corrected chi connectivity index (χ1v) is 9.56. The van der Waals surface area contributed by atoms with Gasteiger partial charge < -0.3 is 15.0 Å². The van der Waals surface area contributed by atoms with E-state index in [1.807, 2.05) is 60.8 Å². The minimum atomic E-state index is -0.0992. The van der Waals surface area contributed by atoms with Gasteiger partial charge in [-0.05, 0) is 41.5 Å². The molecule has 2 N–H and O–H groups in total. The van der Waals surface area contributed by atoms with Gasteiger partial charge in [-0.1, -0.05) is 42.1 Å². The highest BCUT2D eigenvalue weighted by Gasteiger charge is 2.04. The molecule has 1 aromatic heterocycles. The Bertz CT molecular complexity index is 889. The fraction of sp³-hybridized carbons (Fsp3) is 0.143. The van der Waals surface area contributed by atoms with Crippen LogP contribution in [0.1, 0.15) is 5.56 Å². The van der Waals surface area contributed by atoms with Crippen LogP contribution in [0.15, 0.2) is 72.0 Å². The van der Waals surface area contributed by atoms with Gasteiger partial charge in [0.2, 0.25) is 5.91 Å². The summed E-state index contributed by atoms with van der Waals surface area (Å²) >= 11 is 1.57. The van der Waals surface area contributed by atoms with Crippen LogP contribution >= 0.6 is 11.8 Å². The molecule has 6 heteroatoms. The molecule has 0 unspecified atom stereocenters. The molecule has 5 nitrogen and oxygen atoms in total. The summed E-state index contributed by atoms with van der Waals surface area (Å²) in [5, 5.41) is 3.70. The smallest absolute Gasteiger partial charge is 0.244 e. The van der Waals surface area contributed by atoms with Crippen molar-refractivity contribution in [1.82, 2.24) is 15.3 Å². The highest BCUT2D eigenvalue weighted by molar-refractivity contribution is 7.99. The zero-order valence-electron chi connectivity index (χ0n) is 15.0. The molecule has 0 aliphatic carbocycles. The van der Waals surface area contributed by atoms with Gasteiger partial charge in [0.15, 0.2) is 5.16 Å². The quantitative estimate of drug-likeness (QED) is 0.353. The second-order valence-corrected chi connectivity index (χ2v) is 6.80. The standard InChI is InChI=1S/C21H21N3O2S/c1-26-18-10-8-17(9-11-18)19-15-23-21(24-19)27-14-13-22-20(25)12-7-16-5-3-2-4-6-16/h2-12,15H,13-14H2,1H3,(H,22,25)(H,23,24)/b12-7+. The van der Waals surface area contributed by atoms with E-state index in [2.05, 4.69) is 15.3 Å². The number of carbonyl (C=O) groups is 1. The SMILES string of the molecule is COc1ccc(-c2cnc(SCCNC(=O)/C=C/c3ccccc3)[nH]2)cc1. The second kappa shape index (κ2) is 9.64. The summed E-state index contributed by atoms with van der Waals surface area (Å²) in [6.45, 7) is 0.571. The Morgan fingerprint density at radius 2 is 1.96 bits per heavy atom. The maximum Gasteiger partial charge on any atom is 0.244 e. The number of amides is 1. The Balaban J connectivity index is 1.42. The van der Waals surface area contributed by atoms with Crippen LogP contribution < -0.4 is 10.1 Å².